The lowest BCUT2D eigenvalue weighted by molar-refractivity contribution is 0.185. The van der Waals surface area contributed by atoms with Gasteiger partial charge in [0.1, 0.15) is 0 Å². The van der Waals surface area contributed by atoms with Crippen molar-refractivity contribution in [2.45, 2.75) is 46.8 Å². The third-order valence-electron chi connectivity index (χ3n) is 3.69. The molecule has 1 aromatic heterocycles. The average molecular weight is 305 g/mol. The number of fused-ring (bicyclic) bond motifs is 1. The van der Waals surface area contributed by atoms with Crippen LogP contribution in [0.25, 0.3) is 10.1 Å². The van der Waals surface area contributed by atoms with Crippen molar-refractivity contribution in [1.82, 2.24) is 5.32 Å². The Morgan fingerprint density at radius 1 is 1.19 bits per heavy atom. The highest BCUT2D eigenvalue weighted by Crippen LogP contribution is 2.34. The van der Waals surface area contributed by atoms with Crippen molar-refractivity contribution in [3.05, 3.63) is 34.2 Å². The molecule has 3 heteroatoms. The fourth-order valence-electron chi connectivity index (χ4n) is 2.50. The number of benzene rings is 1. The lowest BCUT2D eigenvalue weighted by Crippen LogP contribution is -2.19. The predicted octanol–water partition coefficient (Wildman–Crippen LogP) is 4.92. The second kappa shape index (κ2) is 7.39. The molecule has 2 nitrogen and oxygen atoms in total. The second-order valence-electron chi connectivity index (χ2n) is 6.37. The molecule has 21 heavy (non-hydrogen) atoms. The highest BCUT2D eigenvalue weighted by molar-refractivity contribution is 7.19. The van der Waals surface area contributed by atoms with Crippen LogP contribution in [0.3, 0.4) is 0 Å². The second-order valence-corrected chi connectivity index (χ2v) is 7.51. The van der Waals surface area contributed by atoms with E-state index in [9.17, 15) is 0 Å². The number of rotatable bonds is 7. The molecule has 0 fully saturated rings. The summed E-state index contributed by atoms with van der Waals surface area (Å²) in [6.45, 7) is 11.7. The first kappa shape index (κ1) is 16.5. The Labute approximate surface area is 132 Å². The summed E-state index contributed by atoms with van der Waals surface area (Å²) < 4.78 is 6.81. The zero-order valence-corrected chi connectivity index (χ0v) is 14.6. The third-order valence-corrected chi connectivity index (χ3v) is 4.91. The van der Waals surface area contributed by atoms with Gasteiger partial charge in [0, 0.05) is 28.8 Å². The smallest absolute Gasteiger partial charge is 0.0730 e. The molecule has 0 radical (unpaired) electrons. The molecule has 2 rings (SSSR count). The van der Waals surface area contributed by atoms with E-state index in [0.29, 0.717) is 18.4 Å². The van der Waals surface area contributed by atoms with Crippen molar-refractivity contribution in [2.24, 2.45) is 5.92 Å². The number of ether oxygens (including phenoxy) is 1. The van der Waals surface area contributed by atoms with Crippen molar-refractivity contribution < 1.29 is 4.74 Å². The Morgan fingerprint density at radius 3 is 2.57 bits per heavy atom. The van der Waals surface area contributed by atoms with Crippen LogP contribution < -0.4 is 5.32 Å². The molecule has 0 bridgehead atoms. The van der Waals surface area contributed by atoms with Gasteiger partial charge in [-0.15, -0.1) is 11.3 Å². The minimum atomic E-state index is 0.562. The standard InChI is InChI=1S/C18H27NOS/c1-12(2)9-19-10-18-16(11-20-5)15-8-14(13(3)4)6-7-17(15)21-18/h6-8,12-13,19H,9-11H2,1-5H3. The topological polar surface area (TPSA) is 21.3 Å². The molecule has 0 atom stereocenters. The SMILES string of the molecule is COCc1c(CNCC(C)C)sc2ccc(C(C)C)cc12. The molecule has 0 saturated heterocycles. The lowest BCUT2D eigenvalue weighted by Gasteiger charge is -2.09. The van der Waals surface area contributed by atoms with E-state index in [1.807, 2.05) is 11.3 Å². The first-order chi connectivity index (χ1) is 10.0. The minimum Gasteiger partial charge on any atom is -0.380 e. The summed E-state index contributed by atoms with van der Waals surface area (Å²) in [4.78, 5) is 1.41. The van der Waals surface area contributed by atoms with E-state index in [1.54, 1.807) is 7.11 Å². The molecule has 0 aliphatic heterocycles. The largest absolute Gasteiger partial charge is 0.380 e. The van der Waals surface area contributed by atoms with Gasteiger partial charge in [0.25, 0.3) is 0 Å². The Balaban J connectivity index is 2.33. The van der Waals surface area contributed by atoms with Crippen LogP contribution in [-0.4, -0.2) is 13.7 Å². The molecule has 0 amide bonds. The van der Waals surface area contributed by atoms with Crippen LogP contribution in [0.5, 0.6) is 0 Å². The van der Waals surface area contributed by atoms with Gasteiger partial charge < -0.3 is 10.1 Å². The Bertz CT molecular complexity index is 586. The monoisotopic (exact) mass is 305 g/mol. The van der Waals surface area contributed by atoms with Gasteiger partial charge in [-0.25, -0.2) is 0 Å². The number of methoxy groups -OCH3 is 1. The summed E-state index contributed by atoms with van der Waals surface area (Å²) in [6, 6.07) is 6.86. The molecule has 1 N–H and O–H groups in total. The maximum absolute atomic E-state index is 5.44. The van der Waals surface area contributed by atoms with Gasteiger partial charge in [-0.2, -0.15) is 0 Å². The van der Waals surface area contributed by atoms with E-state index in [2.05, 4.69) is 51.2 Å². The van der Waals surface area contributed by atoms with Gasteiger partial charge in [0.15, 0.2) is 0 Å². The molecule has 1 heterocycles. The maximum atomic E-state index is 5.44. The zero-order valence-electron chi connectivity index (χ0n) is 13.8. The Morgan fingerprint density at radius 2 is 1.95 bits per heavy atom. The fourth-order valence-corrected chi connectivity index (χ4v) is 3.66. The fraction of sp³-hybridized carbons (Fsp3) is 0.556. The molecule has 2 aromatic rings. The van der Waals surface area contributed by atoms with Crippen molar-refractivity contribution >= 4 is 21.4 Å². The molecular weight excluding hydrogens is 278 g/mol. The first-order valence-corrected chi connectivity index (χ1v) is 8.58. The number of hydrogen-bond donors (Lipinski definition) is 1. The normalized spacial score (nSPS) is 12.0. The van der Waals surface area contributed by atoms with E-state index in [0.717, 1.165) is 13.1 Å². The summed E-state index contributed by atoms with van der Waals surface area (Å²) in [5.74, 6) is 1.24. The van der Waals surface area contributed by atoms with Gasteiger partial charge in [-0.3, -0.25) is 0 Å². The molecule has 0 spiro atoms. The van der Waals surface area contributed by atoms with Crippen molar-refractivity contribution in [3.63, 3.8) is 0 Å². The van der Waals surface area contributed by atoms with Gasteiger partial charge in [0.2, 0.25) is 0 Å². The molecule has 116 valence electrons. The zero-order chi connectivity index (χ0) is 15.4. The van der Waals surface area contributed by atoms with Gasteiger partial charge in [-0.1, -0.05) is 33.8 Å². The molecule has 0 saturated carbocycles. The number of thiophene rings is 1. The van der Waals surface area contributed by atoms with Crippen LogP contribution in [0.2, 0.25) is 0 Å². The van der Waals surface area contributed by atoms with Crippen molar-refractivity contribution in [3.8, 4) is 0 Å². The first-order valence-electron chi connectivity index (χ1n) is 7.76. The maximum Gasteiger partial charge on any atom is 0.0730 e. The molecule has 0 aliphatic rings. The van der Waals surface area contributed by atoms with Crippen LogP contribution in [-0.2, 0) is 17.9 Å². The van der Waals surface area contributed by atoms with E-state index in [-0.39, 0.29) is 0 Å². The van der Waals surface area contributed by atoms with Crippen LogP contribution in [0.15, 0.2) is 18.2 Å². The summed E-state index contributed by atoms with van der Waals surface area (Å²) >= 11 is 1.89. The van der Waals surface area contributed by atoms with E-state index < -0.39 is 0 Å². The Hall–Kier alpha value is -0.900. The van der Waals surface area contributed by atoms with Crippen LogP contribution in [0.4, 0.5) is 0 Å². The number of nitrogens with one attached hydrogen (secondary N) is 1. The highest BCUT2D eigenvalue weighted by Gasteiger charge is 2.13. The minimum absolute atomic E-state index is 0.562. The summed E-state index contributed by atoms with van der Waals surface area (Å²) in [6.07, 6.45) is 0. The average Bonchev–Trinajstić information content (AvgIpc) is 2.76. The summed E-state index contributed by atoms with van der Waals surface area (Å²) in [7, 11) is 1.78. The van der Waals surface area contributed by atoms with Gasteiger partial charge in [-0.05, 0) is 41.5 Å². The molecule has 0 unspecified atom stereocenters. The van der Waals surface area contributed by atoms with Crippen molar-refractivity contribution in [2.75, 3.05) is 13.7 Å². The van der Waals surface area contributed by atoms with Gasteiger partial charge >= 0.3 is 0 Å². The highest BCUT2D eigenvalue weighted by atomic mass is 32.1. The van der Waals surface area contributed by atoms with E-state index >= 15 is 0 Å². The predicted molar refractivity (Wildman–Crippen MR) is 93.2 cm³/mol. The molecule has 0 aliphatic carbocycles. The molecular formula is C18H27NOS. The molecule has 1 aromatic carbocycles. The summed E-state index contributed by atoms with van der Waals surface area (Å²) in [5.41, 5.74) is 2.76. The Kier molecular flexibility index (Phi) is 5.80. The lowest BCUT2D eigenvalue weighted by atomic mass is 10.0. The summed E-state index contributed by atoms with van der Waals surface area (Å²) in [5, 5.41) is 4.92. The quantitative estimate of drug-likeness (QED) is 0.784. The van der Waals surface area contributed by atoms with Gasteiger partial charge in [0.05, 0.1) is 6.61 Å². The van der Waals surface area contributed by atoms with E-state index in [1.165, 1.54) is 26.1 Å². The number of hydrogen-bond acceptors (Lipinski definition) is 3. The van der Waals surface area contributed by atoms with Crippen LogP contribution in [0, 0.1) is 5.92 Å². The third kappa shape index (κ3) is 4.06. The van der Waals surface area contributed by atoms with Crippen molar-refractivity contribution in [1.29, 1.82) is 0 Å². The van der Waals surface area contributed by atoms with Crippen LogP contribution >= 0.6 is 11.3 Å². The van der Waals surface area contributed by atoms with E-state index in [4.69, 9.17) is 4.74 Å². The van der Waals surface area contributed by atoms with Crippen LogP contribution in [0.1, 0.15) is 49.6 Å².